The minimum absolute atomic E-state index is 0.0570. The van der Waals surface area contributed by atoms with E-state index in [0.29, 0.717) is 19.6 Å². The van der Waals surface area contributed by atoms with E-state index in [9.17, 15) is 9.59 Å². The molecule has 0 aliphatic heterocycles. The number of carbonyl (C=O) groups excluding carboxylic acids is 2. The van der Waals surface area contributed by atoms with E-state index in [1.54, 1.807) is 11.8 Å². The number of benzene rings is 1. The topological polar surface area (TPSA) is 49.4 Å². The fraction of sp³-hybridized carbons (Fsp3) is 0.500. The highest BCUT2D eigenvalue weighted by molar-refractivity contribution is 5.80. The molecule has 20 heavy (non-hydrogen) atoms. The molecule has 1 fully saturated rings. The van der Waals surface area contributed by atoms with Gasteiger partial charge in [-0.05, 0) is 24.8 Å². The molecule has 0 heterocycles. The zero-order chi connectivity index (χ0) is 14.4. The van der Waals surface area contributed by atoms with Gasteiger partial charge in [0.15, 0.2) is 0 Å². The van der Waals surface area contributed by atoms with E-state index in [2.05, 4.69) is 17.4 Å². The molecule has 1 aliphatic carbocycles. The summed E-state index contributed by atoms with van der Waals surface area (Å²) in [6.07, 6.45) is 2.86. The van der Waals surface area contributed by atoms with Gasteiger partial charge in [-0.1, -0.05) is 30.3 Å². The Labute approximate surface area is 120 Å². The van der Waals surface area contributed by atoms with Crippen LogP contribution in [-0.2, 0) is 16.0 Å². The highest BCUT2D eigenvalue weighted by atomic mass is 16.2. The average molecular weight is 274 g/mol. The number of rotatable bonds is 7. The number of nitrogens with one attached hydrogen (secondary N) is 1. The lowest BCUT2D eigenvalue weighted by Crippen LogP contribution is -2.39. The molecule has 0 atom stereocenters. The van der Waals surface area contributed by atoms with E-state index in [1.165, 1.54) is 5.56 Å². The van der Waals surface area contributed by atoms with E-state index in [4.69, 9.17) is 0 Å². The van der Waals surface area contributed by atoms with Crippen LogP contribution < -0.4 is 5.32 Å². The van der Waals surface area contributed by atoms with Crippen molar-refractivity contribution in [2.24, 2.45) is 5.92 Å². The molecule has 1 aliphatic rings. The van der Waals surface area contributed by atoms with Gasteiger partial charge in [-0.15, -0.1) is 0 Å². The molecule has 0 radical (unpaired) electrons. The normalized spacial score (nSPS) is 13.8. The van der Waals surface area contributed by atoms with Crippen LogP contribution in [0.15, 0.2) is 30.3 Å². The Bertz CT molecular complexity index is 455. The molecule has 1 saturated carbocycles. The Kier molecular flexibility index (Phi) is 5.16. The van der Waals surface area contributed by atoms with Gasteiger partial charge in [0.25, 0.3) is 0 Å². The van der Waals surface area contributed by atoms with Crippen molar-refractivity contribution in [3.8, 4) is 0 Å². The molecule has 1 N–H and O–H groups in total. The molecule has 1 aromatic carbocycles. The van der Waals surface area contributed by atoms with Crippen LogP contribution in [0.1, 0.15) is 25.3 Å². The van der Waals surface area contributed by atoms with Gasteiger partial charge in [-0.3, -0.25) is 9.59 Å². The maximum atomic E-state index is 11.6. The fourth-order valence-electron chi connectivity index (χ4n) is 2.14. The largest absolute Gasteiger partial charge is 0.354 e. The van der Waals surface area contributed by atoms with Gasteiger partial charge in [-0.2, -0.15) is 0 Å². The smallest absolute Gasteiger partial charge is 0.223 e. The van der Waals surface area contributed by atoms with Crippen LogP contribution in [0.25, 0.3) is 0 Å². The third-order valence-electron chi connectivity index (χ3n) is 3.59. The summed E-state index contributed by atoms with van der Waals surface area (Å²) in [6.45, 7) is 3.40. The van der Waals surface area contributed by atoms with Gasteiger partial charge in [0, 0.05) is 32.5 Å². The highest BCUT2D eigenvalue weighted by Crippen LogP contribution is 2.28. The lowest BCUT2D eigenvalue weighted by Gasteiger charge is -2.21. The molecule has 0 saturated heterocycles. The summed E-state index contributed by atoms with van der Waals surface area (Å²) in [6, 6.07) is 10.1. The van der Waals surface area contributed by atoms with Gasteiger partial charge in [0.1, 0.15) is 0 Å². The molecule has 4 heteroatoms. The molecule has 1 aromatic rings. The maximum absolute atomic E-state index is 11.6. The summed E-state index contributed by atoms with van der Waals surface area (Å²) in [5.41, 5.74) is 1.22. The van der Waals surface area contributed by atoms with Crippen molar-refractivity contribution in [3.63, 3.8) is 0 Å². The SMILES string of the molecule is CC(=O)N(CCNC(=O)C1CC1)CCc1ccccc1. The summed E-state index contributed by atoms with van der Waals surface area (Å²) in [7, 11) is 0. The first-order chi connectivity index (χ1) is 9.66. The van der Waals surface area contributed by atoms with Crippen molar-refractivity contribution in [3.05, 3.63) is 35.9 Å². The Balaban J connectivity index is 1.72. The van der Waals surface area contributed by atoms with Crippen molar-refractivity contribution in [2.45, 2.75) is 26.2 Å². The number of nitrogens with zero attached hydrogens (tertiary/aromatic N) is 1. The second kappa shape index (κ2) is 7.08. The minimum Gasteiger partial charge on any atom is -0.354 e. The first kappa shape index (κ1) is 14.6. The van der Waals surface area contributed by atoms with Crippen molar-refractivity contribution in [2.75, 3.05) is 19.6 Å². The highest BCUT2D eigenvalue weighted by Gasteiger charge is 2.29. The van der Waals surface area contributed by atoms with Gasteiger partial charge < -0.3 is 10.2 Å². The van der Waals surface area contributed by atoms with Crippen LogP contribution >= 0.6 is 0 Å². The lowest BCUT2D eigenvalue weighted by atomic mass is 10.1. The van der Waals surface area contributed by atoms with Crippen LogP contribution in [0.4, 0.5) is 0 Å². The molecule has 108 valence electrons. The van der Waals surface area contributed by atoms with Crippen LogP contribution in [0.3, 0.4) is 0 Å². The maximum Gasteiger partial charge on any atom is 0.223 e. The number of hydrogen-bond acceptors (Lipinski definition) is 2. The number of hydrogen-bond donors (Lipinski definition) is 1. The van der Waals surface area contributed by atoms with Crippen molar-refractivity contribution in [1.82, 2.24) is 10.2 Å². The predicted octanol–water partition coefficient (Wildman–Crippen LogP) is 1.60. The van der Waals surface area contributed by atoms with E-state index in [-0.39, 0.29) is 17.7 Å². The van der Waals surface area contributed by atoms with Gasteiger partial charge in [0.05, 0.1) is 0 Å². The van der Waals surface area contributed by atoms with Crippen molar-refractivity contribution >= 4 is 11.8 Å². The summed E-state index contributed by atoms with van der Waals surface area (Å²) >= 11 is 0. The average Bonchev–Trinajstić information content (AvgIpc) is 3.27. The monoisotopic (exact) mass is 274 g/mol. The van der Waals surface area contributed by atoms with Gasteiger partial charge >= 0.3 is 0 Å². The first-order valence-corrected chi connectivity index (χ1v) is 7.24. The molecule has 0 spiro atoms. The summed E-state index contributed by atoms with van der Waals surface area (Å²) in [5, 5.41) is 2.90. The van der Waals surface area contributed by atoms with Crippen LogP contribution in [-0.4, -0.2) is 36.3 Å². The van der Waals surface area contributed by atoms with E-state index >= 15 is 0 Å². The second-order valence-corrected chi connectivity index (χ2v) is 5.31. The van der Waals surface area contributed by atoms with Crippen LogP contribution in [0.5, 0.6) is 0 Å². The van der Waals surface area contributed by atoms with Crippen molar-refractivity contribution in [1.29, 1.82) is 0 Å². The van der Waals surface area contributed by atoms with E-state index in [0.717, 1.165) is 19.3 Å². The van der Waals surface area contributed by atoms with Gasteiger partial charge in [0.2, 0.25) is 11.8 Å². The predicted molar refractivity (Wildman–Crippen MR) is 78.1 cm³/mol. The molecule has 4 nitrogen and oxygen atoms in total. The lowest BCUT2D eigenvalue weighted by molar-refractivity contribution is -0.129. The number of amides is 2. The Hall–Kier alpha value is -1.84. The van der Waals surface area contributed by atoms with Crippen LogP contribution in [0.2, 0.25) is 0 Å². The zero-order valence-corrected chi connectivity index (χ0v) is 12.0. The summed E-state index contributed by atoms with van der Waals surface area (Å²) < 4.78 is 0. The number of carbonyl (C=O) groups is 2. The van der Waals surface area contributed by atoms with Crippen molar-refractivity contribution < 1.29 is 9.59 Å². The molecule has 0 unspecified atom stereocenters. The van der Waals surface area contributed by atoms with E-state index < -0.39 is 0 Å². The molecular formula is C16H22N2O2. The molecular weight excluding hydrogens is 252 g/mol. The summed E-state index contributed by atoms with van der Waals surface area (Å²) in [5.74, 6) is 0.420. The third-order valence-corrected chi connectivity index (χ3v) is 3.59. The molecule has 2 rings (SSSR count). The molecule has 0 aromatic heterocycles. The van der Waals surface area contributed by atoms with Crippen LogP contribution in [0, 0.1) is 5.92 Å². The standard InChI is InChI=1S/C16H22N2O2/c1-13(19)18(11-9-14-5-3-2-4-6-14)12-10-17-16(20)15-7-8-15/h2-6,15H,7-12H2,1H3,(H,17,20). The molecule has 0 bridgehead atoms. The summed E-state index contributed by atoms with van der Waals surface area (Å²) in [4.78, 5) is 24.9. The van der Waals surface area contributed by atoms with E-state index in [1.807, 2.05) is 18.2 Å². The Morgan fingerprint density at radius 3 is 2.50 bits per heavy atom. The minimum atomic E-state index is 0.0570. The fourth-order valence-corrected chi connectivity index (χ4v) is 2.14. The quantitative estimate of drug-likeness (QED) is 0.821. The Morgan fingerprint density at radius 2 is 1.90 bits per heavy atom. The van der Waals surface area contributed by atoms with Gasteiger partial charge in [-0.25, -0.2) is 0 Å². The second-order valence-electron chi connectivity index (χ2n) is 5.31. The zero-order valence-electron chi connectivity index (χ0n) is 12.0. The first-order valence-electron chi connectivity index (χ1n) is 7.24. The Morgan fingerprint density at radius 1 is 1.20 bits per heavy atom. The molecule has 2 amide bonds. The third kappa shape index (κ3) is 4.68.